The summed E-state index contributed by atoms with van der Waals surface area (Å²) in [5, 5.41) is 14.6. The van der Waals surface area contributed by atoms with Crippen molar-refractivity contribution in [3.05, 3.63) is 33.9 Å². The molecule has 1 aromatic rings. The first kappa shape index (κ1) is 17.4. The van der Waals surface area contributed by atoms with Crippen molar-refractivity contribution in [2.45, 2.75) is 32.2 Å². The van der Waals surface area contributed by atoms with Gasteiger partial charge in [0.15, 0.2) is 0 Å². The van der Waals surface area contributed by atoms with E-state index >= 15 is 0 Å². The van der Waals surface area contributed by atoms with Gasteiger partial charge in [0.1, 0.15) is 0 Å². The standard InChI is InChI=1S/C14H19BrN2O4/c1-4-14(5-2,9-15)16-13(18)10-7-6-8-11(17(19)20)12(10)21-3/h6-8H,4-5,9H2,1-3H3,(H,16,18). The number of benzene rings is 1. The van der Waals surface area contributed by atoms with Crippen LogP contribution in [-0.4, -0.2) is 28.8 Å². The van der Waals surface area contributed by atoms with Crippen LogP contribution in [0.4, 0.5) is 5.69 Å². The molecule has 0 atom stereocenters. The second-order valence-electron chi connectivity index (χ2n) is 4.69. The highest BCUT2D eigenvalue weighted by molar-refractivity contribution is 9.09. The molecule has 1 rings (SSSR count). The maximum atomic E-state index is 12.5. The van der Waals surface area contributed by atoms with Gasteiger partial charge >= 0.3 is 5.69 Å². The van der Waals surface area contributed by atoms with Gasteiger partial charge in [-0.1, -0.05) is 35.8 Å². The van der Waals surface area contributed by atoms with E-state index < -0.39 is 4.92 Å². The van der Waals surface area contributed by atoms with Crippen LogP contribution in [0.2, 0.25) is 0 Å². The average Bonchev–Trinajstić information content (AvgIpc) is 2.51. The minimum atomic E-state index is -0.563. The molecule has 0 saturated carbocycles. The smallest absolute Gasteiger partial charge is 0.311 e. The Bertz CT molecular complexity index is 521. The molecule has 0 aliphatic carbocycles. The van der Waals surface area contributed by atoms with E-state index in [1.54, 1.807) is 0 Å². The Morgan fingerprint density at radius 2 is 2.05 bits per heavy atom. The number of amides is 1. The van der Waals surface area contributed by atoms with E-state index in [4.69, 9.17) is 4.74 Å². The lowest BCUT2D eigenvalue weighted by atomic mass is 9.95. The van der Waals surface area contributed by atoms with E-state index in [1.165, 1.54) is 25.3 Å². The molecule has 1 aromatic carbocycles. The third kappa shape index (κ3) is 3.72. The Hall–Kier alpha value is -1.63. The topological polar surface area (TPSA) is 81.5 Å². The van der Waals surface area contributed by atoms with E-state index in [9.17, 15) is 14.9 Å². The summed E-state index contributed by atoms with van der Waals surface area (Å²) in [5.41, 5.74) is -0.436. The zero-order valence-electron chi connectivity index (χ0n) is 12.3. The normalized spacial score (nSPS) is 11.0. The predicted molar refractivity (Wildman–Crippen MR) is 84.2 cm³/mol. The molecule has 0 fully saturated rings. The molecule has 0 radical (unpaired) electrons. The van der Waals surface area contributed by atoms with Crippen molar-refractivity contribution in [3.63, 3.8) is 0 Å². The van der Waals surface area contributed by atoms with E-state index in [0.717, 1.165) is 12.8 Å². The van der Waals surface area contributed by atoms with Crippen molar-refractivity contribution >= 4 is 27.5 Å². The summed E-state index contributed by atoms with van der Waals surface area (Å²) in [7, 11) is 1.32. The number of hydrogen-bond acceptors (Lipinski definition) is 4. The van der Waals surface area contributed by atoms with Gasteiger partial charge in [-0.2, -0.15) is 0 Å². The molecular formula is C14H19BrN2O4. The zero-order valence-corrected chi connectivity index (χ0v) is 13.9. The third-order valence-electron chi connectivity index (χ3n) is 3.63. The summed E-state index contributed by atoms with van der Waals surface area (Å²) in [6, 6.07) is 4.31. The maximum absolute atomic E-state index is 12.5. The molecule has 7 heteroatoms. The second-order valence-corrected chi connectivity index (χ2v) is 5.25. The van der Waals surface area contributed by atoms with Crippen LogP contribution in [0, 0.1) is 10.1 Å². The number of nitro benzene ring substituents is 1. The fourth-order valence-corrected chi connectivity index (χ4v) is 2.95. The molecule has 0 spiro atoms. The molecule has 21 heavy (non-hydrogen) atoms. The van der Waals surface area contributed by atoms with Crippen LogP contribution in [0.3, 0.4) is 0 Å². The van der Waals surface area contributed by atoms with E-state index in [1.807, 2.05) is 13.8 Å². The summed E-state index contributed by atoms with van der Waals surface area (Å²) < 4.78 is 5.06. The molecular weight excluding hydrogens is 340 g/mol. The first-order chi connectivity index (χ1) is 9.94. The van der Waals surface area contributed by atoms with E-state index in [-0.39, 0.29) is 28.4 Å². The number of nitrogens with zero attached hydrogens (tertiary/aromatic N) is 1. The number of nitro groups is 1. The number of nitrogens with one attached hydrogen (secondary N) is 1. The maximum Gasteiger partial charge on any atom is 0.311 e. The highest BCUT2D eigenvalue weighted by Gasteiger charge is 2.30. The van der Waals surface area contributed by atoms with Gasteiger partial charge in [-0.05, 0) is 18.9 Å². The SMILES string of the molecule is CCC(CC)(CBr)NC(=O)c1cccc([N+](=O)[O-])c1OC. The van der Waals surface area contributed by atoms with Gasteiger partial charge in [0.2, 0.25) is 5.75 Å². The average molecular weight is 359 g/mol. The second kappa shape index (κ2) is 7.40. The molecule has 0 aliphatic rings. The van der Waals surface area contributed by atoms with Crippen molar-refractivity contribution in [3.8, 4) is 5.75 Å². The van der Waals surface area contributed by atoms with Crippen LogP contribution in [0.1, 0.15) is 37.0 Å². The van der Waals surface area contributed by atoms with Gasteiger partial charge in [0.25, 0.3) is 5.91 Å². The number of para-hydroxylation sites is 1. The van der Waals surface area contributed by atoms with Gasteiger partial charge in [0.05, 0.1) is 17.6 Å². The largest absolute Gasteiger partial charge is 0.490 e. The number of halogens is 1. The molecule has 1 amide bonds. The Kier molecular flexibility index (Phi) is 6.14. The van der Waals surface area contributed by atoms with Crippen molar-refractivity contribution < 1.29 is 14.5 Å². The summed E-state index contributed by atoms with van der Waals surface area (Å²) in [5.74, 6) is -0.394. The Labute approximate surface area is 132 Å². The summed E-state index contributed by atoms with van der Waals surface area (Å²) in [6.45, 7) is 3.96. The van der Waals surface area contributed by atoms with Crippen LogP contribution < -0.4 is 10.1 Å². The molecule has 0 unspecified atom stereocenters. The Morgan fingerprint density at radius 1 is 1.43 bits per heavy atom. The number of rotatable bonds is 7. The van der Waals surface area contributed by atoms with Gasteiger partial charge in [-0.15, -0.1) is 0 Å². The predicted octanol–water partition coefficient (Wildman–Crippen LogP) is 3.29. The van der Waals surface area contributed by atoms with Gasteiger partial charge in [0, 0.05) is 16.9 Å². The first-order valence-electron chi connectivity index (χ1n) is 6.64. The van der Waals surface area contributed by atoms with E-state index in [2.05, 4.69) is 21.2 Å². The van der Waals surface area contributed by atoms with Crippen LogP contribution >= 0.6 is 15.9 Å². The molecule has 0 aromatic heterocycles. The van der Waals surface area contributed by atoms with Crippen LogP contribution in [0.15, 0.2) is 18.2 Å². The highest BCUT2D eigenvalue weighted by atomic mass is 79.9. The molecule has 0 heterocycles. The molecule has 0 saturated heterocycles. The lowest BCUT2D eigenvalue weighted by molar-refractivity contribution is -0.385. The monoisotopic (exact) mass is 358 g/mol. The van der Waals surface area contributed by atoms with Crippen LogP contribution in [0.5, 0.6) is 5.75 Å². The van der Waals surface area contributed by atoms with Gasteiger partial charge < -0.3 is 10.1 Å². The number of alkyl halides is 1. The van der Waals surface area contributed by atoms with Crippen molar-refractivity contribution in [1.29, 1.82) is 0 Å². The fraction of sp³-hybridized carbons (Fsp3) is 0.500. The van der Waals surface area contributed by atoms with Crippen LogP contribution in [0.25, 0.3) is 0 Å². The lowest BCUT2D eigenvalue weighted by Gasteiger charge is -2.31. The number of methoxy groups -OCH3 is 1. The third-order valence-corrected chi connectivity index (χ3v) is 4.70. The number of carbonyl (C=O) groups excluding carboxylic acids is 1. The van der Waals surface area contributed by atoms with Gasteiger partial charge in [-0.25, -0.2) is 0 Å². The van der Waals surface area contributed by atoms with Crippen LogP contribution in [-0.2, 0) is 0 Å². The molecule has 116 valence electrons. The molecule has 0 aliphatic heterocycles. The fourth-order valence-electron chi connectivity index (χ4n) is 2.02. The number of hydrogen-bond donors (Lipinski definition) is 1. The summed E-state index contributed by atoms with van der Waals surface area (Å²) >= 11 is 3.41. The summed E-state index contributed by atoms with van der Waals surface area (Å²) in [6.07, 6.45) is 1.50. The lowest BCUT2D eigenvalue weighted by Crippen LogP contribution is -2.49. The van der Waals surface area contributed by atoms with Crippen molar-refractivity contribution in [2.75, 3.05) is 12.4 Å². The Balaban J connectivity index is 3.19. The molecule has 1 N–H and O–H groups in total. The van der Waals surface area contributed by atoms with Crippen molar-refractivity contribution in [1.82, 2.24) is 5.32 Å². The minimum absolute atomic E-state index is 0.0179. The quantitative estimate of drug-likeness (QED) is 0.460. The summed E-state index contributed by atoms with van der Waals surface area (Å²) in [4.78, 5) is 22.9. The Morgan fingerprint density at radius 3 is 2.48 bits per heavy atom. The van der Waals surface area contributed by atoms with Crippen molar-refractivity contribution in [2.24, 2.45) is 0 Å². The number of carbonyl (C=O) groups is 1. The van der Waals surface area contributed by atoms with Gasteiger partial charge in [-0.3, -0.25) is 14.9 Å². The molecule has 0 bridgehead atoms. The molecule has 6 nitrogen and oxygen atoms in total. The van der Waals surface area contributed by atoms with E-state index in [0.29, 0.717) is 5.33 Å². The highest BCUT2D eigenvalue weighted by Crippen LogP contribution is 2.31. The number of ether oxygens (including phenoxy) is 1. The zero-order chi connectivity index (χ0) is 16.0. The minimum Gasteiger partial charge on any atom is -0.490 e. The first-order valence-corrected chi connectivity index (χ1v) is 7.76.